The molecule has 3 unspecified atom stereocenters. The molecule has 5 amide bonds. The molecule has 1 saturated heterocycles. The molecule has 2 aromatic rings. The van der Waals surface area contributed by atoms with Crippen LogP contribution in [0, 0.1) is 34.5 Å². The Bertz CT molecular complexity index is 1980. The Morgan fingerprint density at radius 2 is 1.46 bits per heavy atom. The number of ether oxygens (including phenoxy) is 3. The summed E-state index contributed by atoms with van der Waals surface area (Å²) in [6.07, 6.45) is 3.62. The largest absolute Gasteiger partial charge is 0.380 e. The molecule has 9 atom stereocenters. The highest BCUT2D eigenvalue weighted by atomic mass is 32.1. The van der Waals surface area contributed by atoms with Gasteiger partial charge in [-0.15, -0.1) is 11.3 Å². The third kappa shape index (κ3) is 18.9. The second kappa shape index (κ2) is 30.2. The Kier molecular flexibility index (Phi) is 26.8. The van der Waals surface area contributed by atoms with E-state index in [0.717, 1.165) is 17.0 Å². The van der Waals surface area contributed by atoms with E-state index in [9.17, 15) is 28.8 Å². The lowest BCUT2D eigenvalue weighted by Crippen LogP contribution is -2.60. The van der Waals surface area contributed by atoms with Gasteiger partial charge in [0.05, 0.1) is 55.9 Å². The van der Waals surface area contributed by atoms with Crippen LogP contribution in [-0.4, -0.2) is 139 Å². The normalized spacial score (nSPS) is 17.4. The van der Waals surface area contributed by atoms with Crippen molar-refractivity contribution in [2.75, 3.05) is 48.1 Å². The third-order valence-electron chi connectivity index (χ3n) is 13.9. The number of ketones is 1. The van der Waals surface area contributed by atoms with Gasteiger partial charge in [-0.05, 0) is 60.3 Å². The van der Waals surface area contributed by atoms with Crippen molar-refractivity contribution in [3.63, 3.8) is 0 Å². The molecule has 0 bridgehead atoms. The van der Waals surface area contributed by atoms with Crippen molar-refractivity contribution in [2.24, 2.45) is 34.5 Å². The fraction of sp³-hybridized carbons (Fsp3) is 0.732. The number of methoxy groups -OCH3 is 2. The van der Waals surface area contributed by atoms with Crippen molar-refractivity contribution in [1.29, 1.82) is 0 Å². The number of rotatable bonds is 29. The van der Waals surface area contributed by atoms with E-state index >= 15 is 0 Å². The lowest BCUT2D eigenvalue weighted by Gasteiger charge is -2.41. The molecule has 0 saturated carbocycles. The number of hydrogen-bond acceptors (Lipinski definition) is 11. The molecule has 3 rings (SSSR count). The van der Waals surface area contributed by atoms with E-state index in [1.165, 1.54) is 16.2 Å². The maximum atomic E-state index is 14.7. The summed E-state index contributed by atoms with van der Waals surface area (Å²) in [6.45, 7) is 27.9. The summed E-state index contributed by atoms with van der Waals surface area (Å²) < 4.78 is 18.2. The van der Waals surface area contributed by atoms with Crippen LogP contribution in [0.4, 0.5) is 0 Å². The van der Waals surface area contributed by atoms with E-state index in [0.29, 0.717) is 45.4 Å². The first kappa shape index (κ1) is 63.9. The molecule has 0 aliphatic carbocycles. The van der Waals surface area contributed by atoms with Gasteiger partial charge in [-0.2, -0.15) is 0 Å². The van der Waals surface area contributed by atoms with Crippen LogP contribution in [0.3, 0.4) is 0 Å². The standard InChI is InChI=1S/C54H88N6O9S.C2H6/c1-17-36(6)47(59(14)52(66)45(34(2)3)57-50(65)46(35(4)5)58(13)44(63)31-54(11,12)33-69-32-53(9,10)30-37(7)61)42(67-15)29-43(62)60-26-21-24-41(60)48(68-16)38(8)49(64)56-40(51-55-25-27-70-51)28-39-22-19-18-20-23-39;1-2/h18-20,22-23,25,27,34-36,38,40-42,45-48H,17,21,24,26,28-33H2,1-16H3,(H,56,64)(H,57,65);1-2H3/t36-,38?,40-,41-,42+,45-,46?,47?,48+;/m0./s1. The molecule has 2 heterocycles. The first-order valence-corrected chi connectivity index (χ1v) is 27.2. The highest BCUT2D eigenvalue weighted by Crippen LogP contribution is 2.32. The van der Waals surface area contributed by atoms with Crippen molar-refractivity contribution < 1.29 is 43.0 Å². The molecule has 1 aliphatic heterocycles. The molecule has 1 aromatic carbocycles. The van der Waals surface area contributed by atoms with Crippen LogP contribution < -0.4 is 10.6 Å². The van der Waals surface area contributed by atoms with Crippen molar-refractivity contribution in [1.82, 2.24) is 30.3 Å². The van der Waals surface area contributed by atoms with Gasteiger partial charge in [0.2, 0.25) is 29.5 Å². The van der Waals surface area contributed by atoms with Crippen molar-refractivity contribution in [3.8, 4) is 0 Å². The summed E-state index contributed by atoms with van der Waals surface area (Å²) in [7, 11) is 6.46. The summed E-state index contributed by atoms with van der Waals surface area (Å²) in [5.41, 5.74) is 0.192. The Morgan fingerprint density at radius 1 is 0.847 bits per heavy atom. The Balaban J connectivity index is 0.00000876. The summed E-state index contributed by atoms with van der Waals surface area (Å²) in [4.78, 5) is 92.5. The fourth-order valence-corrected chi connectivity index (χ4v) is 10.7. The summed E-state index contributed by atoms with van der Waals surface area (Å²) in [6, 6.07) is 6.93. The van der Waals surface area contributed by atoms with E-state index < -0.39 is 47.6 Å². The monoisotopic (exact) mass is 1030 g/mol. The lowest BCUT2D eigenvalue weighted by atomic mass is 9.87. The molecule has 72 heavy (non-hydrogen) atoms. The van der Waals surface area contributed by atoms with Crippen LogP contribution in [0.1, 0.15) is 152 Å². The fourth-order valence-electron chi connectivity index (χ4n) is 10.0. The second-order valence-corrected chi connectivity index (χ2v) is 22.9. The average Bonchev–Trinajstić information content (AvgIpc) is 4.04. The van der Waals surface area contributed by atoms with Crippen LogP contribution in [-0.2, 0) is 49.4 Å². The van der Waals surface area contributed by atoms with Crippen molar-refractivity contribution in [2.45, 2.75) is 184 Å². The zero-order valence-electron chi connectivity index (χ0n) is 47.3. The van der Waals surface area contributed by atoms with Crippen molar-refractivity contribution in [3.05, 3.63) is 52.5 Å². The Labute approximate surface area is 437 Å². The average molecular weight is 1030 g/mol. The predicted octanol–water partition coefficient (Wildman–Crippen LogP) is 8.55. The number of amides is 5. The van der Waals surface area contributed by atoms with E-state index in [2.05, 4.69) is 15.6 Å². The number of nitrogens with zero attached hydrogens (tertiary/aromatic N) is 4. The molecule has 408 valence electrons. The maximum Gasteiger partial charge on any atom is 0.245 e. The number of likely N-dealkylation sites (N-methyl/N-ethyl adjacent to an activating group) is 2. The van der Waals surface area contributed by atoms with Crippen molar-refractivity contribution >= 4 is 46.7 Å². The van der Waals surface area contributed by atoms with Gasteiger partial charge in [0.15, 0.2) is 0 Å². The van der Waals surface area contributed by atoms with E-state index in [1.807, 2.05) is 131 Å². The number of hydrogen-bond donors (Lipinski definition) is 2. The molecule has 1 aromatic heterocycles. The van der Waals surface area contributed by atoms with E-state index in [1.54, 1.807) is 46.3 Å². The van der Waals surface area contributed by atoms with Crippen LogP contribution in [0.5, 0.6) is 0 Å². The molecule has 0 radical (unpaired) electrons. The number of thiazole rings is 1. The molecule has 0 spiro atoms. The Hall–Kier alpha value is -4.25. The number of nitrogens with one attached hydrogen (secondary N) is 2. The molecular weight excluding hydrogens is 933 g/mol. The number of benzene rings is 1. The number of aromatic nitrogens is 1. The van der Waals surface area contributed by atoms with Gasteiger partial charge in [0.25, 0.3) is 0 Å². The summed E-state index contributed by atoms with van der Waals surface area (Å²) >= 11 is 1.49. The van der Waals surface area contributed by atoms with Crippen LogP contribution in [0.25, 0.3) is 0 Å². The molecule has 16 heteroatoms. The highest BCUT2D eigenvalue weighted by molar-refractivity contribution is 7.09. The zero-order valence-corrected chi connectivity index (χ0v) is 48.2. The molecule has 15 nitrogen and oxygen atoms in total. The minimum absolute atomic E-state index is 0.0154. The summed E-state index contributed by atoms with van der Waals surface area (Å²) in [5, 5.41) is 8.97. The molecule has 1 fully saturated rings. The SMILES string of the molecule is CC.CC[C@H](C)C([C@@H](CC(=O)N1CCC[C@H]1[C@H](OC)C(C)C(=O)N[C@@H](Cc1ccccc1)c1nccs1)OC)N(C)C(=O)[C@@H](NC(=O)C(C(C)C)N(C)C(=O)CC(C)(C)COCC(C)(C)CC(C)=O)C(C)C. The van der Waals surface area contributed by atoms with Gasteiger partial charge in [-0.1, -0.05) is 127 Å². The van der Waals surface area contributed by atoms with Gasteiger partial charge in [-0.25, -0.2) is 4.98 Å². The predicted molar refractivity (Wildman–Crippen MR) is 287 cm³/mol. The van der Waals surface area contributed by atoms with E-state index in [4.69, 9.17) is 14.2 Å². The van der Waals surface area contributed by atoms with Crippen LogP contribution >= 0.6 is 11.3 Å². The zero-order chi connectivity index (χ0) is 54.7. The van der Waals surface area contributed by atoms with Gasteiger partial charge in [0, 0.05) is 59.3 Å². The van der Waals surface area contributed by atoms with Gasteiger partial charge in [-0.3, -0.25) is 24.0 Å². The lowest BCUT2D eigenvalue weighted by molar-refractivity contribution is -0.149. The van der Waals surface area contributed by atoms with Gasteiger partial charge < -0.3 is 44.3 Å². The van der Waals surface area contributed by atoms with Crippen LogP contribution in [0.2, 0.25) is 0 Å². The quantitative estimate of drug-likeness (QED) is 0.0803. The highest BCUT2D eigenvalue weighted by Gasteiger charge is 2.44. The van der Waals surface area contributed by atoms with Gasteiger partial charge in [0.1, 0.15) is 22.9 Å². The van der Waals surface area contributed by atoms with Gasteiger partial charge >= 0.3 is 0 Å². The number of Topliss-reactive ketones (excluding diaryl/α,β-unsaturated/α-hetero) is 1. The minimum Gasteiger partial charge on any atom is -0.380 e. The topological polar surface area (TPSA) is 177 Å². The van der Waals surface area contributed by atoms with E-state index in [-0.39, 0.29) is 77.5 Å². The Morgan fingerprint density at radius 3 is 1.97 bits per heavy atom. The molecule has 1 aliphatic rings. The minimum atomic E-state index is -0.939. The smallest absolute Gasteiger partial charge is 0.245 e. The first-order valence-electron chi connectivity index (χ1n) is 26.3. The molecule has 2 N–H and O–H groups in total. The molecular formula is C56H94N6O9S. The number of carbonyl (C=O) groups excluding carboxylic acids is 6. The number of likely N-dealkylation sites (tertiary alicyclic amines) is 1. The summed E-state index contributed by atoms with van der Waals surface area (Å²) in [5.74, 6) is -2.53. The van der Waals surface area contributed by atoms with Crippen LogP contribution in [0.15, 0.2) is 41.9 Å². The second-order valence-electron chi connectivity index (χ2n) is 22.0. The maximum absolute atomic E-state index is 14.7. The third-order valence-corrected chi connectivity index (χ3v) is 14.8. The number of carbonyl (C=O) groups is 6. The first-order chi connectivity index (χ1) is 33.8.